The fraction of sp³-hybridized carbons (Fsp3) is 0.958. The van der Waals surface area contributed by atoms with E-state index >= 15 is 0 Å². The highest BCUT2D eigenvalue weighted by atomic mass is 16.5. The molecule has 0 radical (unpaired) electrons. The monoisotopic (exact) mass is 386 g/mol. The van der Waals surface area contributed by atoms with Gasteiger partial charge in [0.1, 0.15) is 0 Å². The second-order valence-electron chi connectivity index (χ2n) is 7.29. The van der Waals surface area contributed by atoms with Crippen molar-refractivity contribution in [3.8, 4) is 0 Å². The van der Waals surface area contributed by atoms with Crippen LogP contribution in [0.25, 0.3) is 0 Å². The van der Waals surface area contributed by atoms with Crippen molar-refractivity contribution in [1.29, 1.82) is 0 Å². The maximum atomic E-state index is 11.2. The third-order valence-electron chi connectivity index (χ3n) is 4.70. The topological polar surface area (TPSA) is 35.5 Å². The maximum Gasteiger partial charge on any atom is 0.305 e. The van der Waals surface area contributed by atoms with E-state index in [1.165, 1.54) is 89.9 Å². The van der Waals surface area contributed by atoms with Crippen LogP contribution in [0.15, 0.2) is 0 Å². The lowest BCUT2D eigenvalue weighted by Gasteiger charge is -2.03. The van der Waals surface area contributed by atoms with Gasteiger partial charge < -0.3 is 9.47 Å². The molecule has 0 aliphatic heterocycles. The van der Waals surface area contributed by atoms with E-state index in [0.717, 1.165) is 19.6 Å². The molecule has 0 amide bonds. The van der Waals surface area contributed by atoms with Gasteiger partial charge in [-0.1, -0.05) is 96.8 Å². The van der Waals surface area contributed by atoms with E-state index in [9.17, 15) is 4.79 Å². The van der Waals surface area contributed by atoms with E-state index in [1.807, 2.05) is 20.8 Å². The lowest BCUT2D eigenvalue weighted by molar-refractivity contribution is -0.143. The van der Waals surface area contributed by atoms with Crippen molar-refractivity contribution in [3.63, 3.8) is 0 Å². The van der Waals surface area contributed by atoms with Crippen molar-refractivity contribution in [1.82, 2.24) is 0 Å². The molecule has 0 heterocycles. The van der Waals surface area contributed by atoms with E-state index < -0.39 is 0 Å². The molecule has 0 aliphatic rings. The summed E-state index contributed by atoms with van der Waals surface area (Å²) in [5.41, 5.74) is 0. The number of rotatable bonds is 19. The Hall–Kier alpha value is -0.570. The summed E-state index contributed by atoms with van der Waals surface area (Å²) < 4.78 is 9.76. The first-order valence-electron chi connectivity index (χ1n) is 12.0. The molecule has 0 fully saturated rings. The lowest BCUT2D eigenvalue weighted by Crippen LogP contribution is -2.03. The van der Waals surface area contributed by atoms with Crippen LogP contribution in [-0.2, 0) is 14.3 Å². The molecular formula is C24H50O3. The summed E-state index contributed by atoms with van der Waals surface area (Å²) in [6.07, 6.45) is 21.0. The van der Waals surface area contributed by atoms with Gasteiger partial charge in [-0.2, -0.15) is 0 Å². The van der Waals surface area contributed by atoms with E-state index in [2.05, 4.69) is 6.92 Å². The molecule has 0 saturated carbocycles. The van der Waals surface area contributed by atoms with Crippen molar-refractivity contribution >= 4 is 5.97 Å². The summed E-state index contributed by atoms with van der Waals surface area (Å²) in [7, 11) is 0. The minimum atomic E-state index is -0.0304. The van der Waals surface area contributed by atoms with Gasteiger partial charge >= 0.3 is 5.97 Å². The zero-order valence-electron chi connectivity index (χ0n) is 19.2. The Morgan fingerprint density at radius 2 is 0.889 bits per heavy atom. The first kappa shape index (κ1) is 28.6. The van der Waals surface area contributed by atoms with Gasteiger partial charge in [0.05, 0.1) is 6.61 Å². The standard InChI is InChI=1S/C20H40O2.C4H10O/c1-3-5-6-7-8-9-10-11-12-13-14-15-16-17-18-19-20(21)22-4-2;1-3-5-4-2/h3-19H2,1-2H3;3-4H2,1-2H3. The minimum absolute atomic E-state index is 0.0304. The number of hydrogen-bond donors (Lipinski definition) is 0. The van der Waals surface area contributed by atoms with E-state index in [4.69, 9.17) is 9.47 Å². The SMILES string of the molecule is CCCCCCCCCCCCCCCCCC(=O)OCC.CCOCC. The van der Waals surface area contributed by atoms with E-state index in [0.29, 0.717) is 13.0 Å². The predicted octanol–water partition coefficient (Wildman–Crippen LogP) is 7.85. The smallest absolute Gasteiger partial charge is 0.305 e. The fourth-order valence-electron chi connectivity index (χ4n) is 3.08. The Bertz CT molecular complexity index is 264. The van der Waals surface area contributed by atoms with Gasteiger partial charge in [0.15, 0.2) is 0 Å². The number of esters is 1. The Kier molecular flexibility index (Phi) is 29.3. The summed E-state index contributed by atoms with van der Waals surface area (Å²) in [6, 6.07) is 0. The molecule has 0 aromatic heterocycles. The highest BCUT2D eigenvalue weighted by molar-refractivity contribution is 5.69. The van der Waals surface area contributed by atoms with E-state index in [-0.39, 0.29) is 5.97 Å². The highest BCUT2D eigenvalue weighted by Gasteiger charge is 2.00. The summed E-state index contributed by atoms with van der Waals surface area (Å²) in [4.78, 5) is 11.2. The molecule has 0 aromatic rings. The van der Waals surface area contributed by atoms with Gasteiger partial charge in [-0.3, -0.25) is 4.79 Å². The van der Waals surface area contributed by atoms with Crippen molar-refractivity contribution in [2.24, 2.45) is 0 Å². The number of unbranched alkanes of at least 4 members (excludes halogenated alkanes) is 14. The second kappa shape index (κ2) is 27.6. The summed E-state index contributed by atoms with van der Waals surface area (Å²) in [5, 5.41) is 0. The molecule has 0 unspecified atom stereocenters. The highest BCUT2D eigenvalue weighted by Crippen LogP contribution is 2.13. The Labute approximate surface area is 171 Å². The zero-order valence-corrected chi connectivity index (χ0v) is 19.2. The summed E-state index contributed by atoms with van der Waals surface area (Å²) in [5.74, 6) is -0.0304. The van der Waals surface area contributed by atoms with Gasteiger partial charge in [0.25, 0.3) is 0 Å². The molecule has 3 heteroatoms. The molecule has 0 atom stereocenters. The zero-order chi connectivity index (χ0) is 20.4. The number of hydrogen-bond acceptors (Lipinski definition) is 3. The van der Waals surface area contributed by atoms with Crippen LogP contribution in [0.1, 0.15) is 130 Å². The molecule has 0 N–H and O–H groups in total. The molecule has 0 spiro atoms. The first-order valence-corrected chi connectivity index (χ1v) is 12.0. The van der Waals surface area contributed by atoms with Gasteiger partial charge in [-0.25, -0.2) is 0 Å². The van der Waals surface area contributed by atoms with E-state index in [1.54, 1.807) is 0 Å². The Balaban J connectivity index is 0. The largest absolute Gasteiger partial charge is 0.466 e. The van der Waals surface area contributed by atoms with Gasteiger partial charge in [-0.15, -0.1) is 0 Å². The van der Waals surface area contributed by atoms with Crippen molar-refractivity contribution < 1.29 is 14.3 Å². The quantitative estimate of drug-likeness (QED) is 0.167. The normalized spacial score (nSPS) is 10.4. The number of carbonyl (C=O) groups excluding carboxylic acids is 1. The molecule has 0 saturated heterocycles. The van der Waals surface area contributed by atoms with Crippen molar-refractivity contribution in [2.75, 3.05) is 19.8 Å². The van der Waals surface area contributed by atoms with Gasteiger partial charge in [0, 0.05) is 19.6 Å². The number of ether oxygens (including phenoxy) is 2. The summed E-state index contributed by atoms with van der Waals surface area (Å²) >= 11 is 0. The molecule has 27 heavy (non-hydrogen) atoms. The van der Waals surface area contributed by atoms with Crippen LogP contribution in [-0.4, -0.2) is 25.8 Å². The third kappa shape index (κ3) is 30.4. The first-order chi connectivity index (χ1) is 13.2. The predicted molar refractivity (Wildman–Crippen MR) is 118 cm³/mol. The van der Waals surface area contributed by atoms with Crippen LogP contribution in [0.2, 0.25) is 0 Å². The van der Waals surface area contributed by atoms with Crippen LogP contribution >= 0.6 is 0 Å². The van der Waals surface area contributed by atoms with Crippen LogP contribution in [0.4, 0.5) is 0 Å². The molecule has 164 valence electrons. The van der Waals surface area contributed by atoms with Crippen molar-refractivity contribution in [2.45, 2.75) is 130 Å². The lowest BCUT2D eigenvalue weighted by atomic mass is 10.0. The Morgan fingerprint density at radius 1 is 0.519 bits per heavy atom. The van der Waals surface area contributed by atoms with Crippen molar-refractivity contribution in [3.05, 3.63) is 0 Å². The van der Waals surface area contributed by atoms with Crippen LogP contribution in [0, 0.1) is 0 Å². The van der Waals surface area contributed by atoms with Gasteiger partial charge in [-0.05, 0) is 27.2 Å². The van der Waals surface area contributed by atoms with Gasteiger partial charge in [0.2, 0.25) is 0 Å². The summed E-state index contributed by atoms with van der Waals surface area (Å²) in [6.45, 7) is 10.3. The average molecular weight is 387 g/mol. The average Bonchev–Trinajstić information content (AvgIpc) is 2.66. The molecule has 0 rings (SSSR count). The maximum absolute atomic E-state index is 11.2. The minimum Gasteiger partial charge on any atom is -0.466 e. The molecular weight excluding hydrogens is 336 g/mol. The third-order valence-corrected chi connectivity index (χ3v) is 4.70. The molecule has 0 aromatic carbocycles. The molecule has 0 bridgehead atoms. The molecule has 0 aliphatic carbocycles. The van der Waals surface area contributed by atoms with Crippen LogP contribution in [0.5, 0.6) is 0 Å². The Morgan fingerprint density at radius 3 is 1.19 bits per heavy atom. The van der Waals surface area contributed by atoms with Crippen LogP contribution in [0.3, 0.4) is 0 Å². The van der Waals surface area contributed by atoms with Crippen LogP contribution < -0.4 is 0 Å². The molecule has 3 nitrogen and oxygen atoms in total. The second-order valence-corrected chi connectivity index (χ2v) is 7.29. The fourth-order valence-corrected chi connectivity index (χ4v) is 3.08. The number of carbonyl (C=O) groups is 1.